The van der Waals surface area contributed by atoms with E-state index >= 15 is 0 Å². The Bertz CT molecular complexity index is 789. The Morgan fingerprint density at radius 1 is 1.44 bits per heavy atom. The second kappa shape index (κ2) is 7.44. The van der Waals surface area contributed by atoms with E-state index in [1.165, 1.54) is 22.5 Å². The maximum Gasteiger partial charge on any atom is 0.341 e. The first-order valence-corrected chi connectivity index (χ1v) is 9.50. The minimum absolute atomic E-state index is 0.262. The Balaban J connectivity index is 1.93. The van der Waals surface area contributed by atoms with Gasteiger partial charge in [-0.2, -0.15) is 0 Å². The highest BCUT2D eigenvalue weighted by Gasteiger charge is 2.29. The van der Waals surface area contributed by atoms with E-state index in [2.05, 4.69) is 12.2 Å². The maximum atomic E-state index is 12.6. The molecule has 1 aliphatic carbocycles. The van der Waals surface area contributed by atoms with Crippen molar-refractivity contribution in [3.05, 3.63) is 39.7 Å². The van der Waals surface area contributed by atoms with Crippen LogP contribution in [-0.2, 0) is 17.6 Å². The van der Waals surface area contributed by atoms with Crippen LogP contribution in [0.1, 0.15) is 63.6 Å². The van der Waals surface area contributed by atoms with Gasteiger partial charge in [0.1, 0.15) is 10.8 Å². The van der Waals surface area contributed by atoms with Gasteiger partial charge in [0.25, 0.3) is 5.91 Å². The third kappa shape index (κ3) is 3.63. The number of esters is 1. The number of nitrogens with one attached hydrogen (secondary N) is 1. The predicted molar refractivity (Wildman–Crippen MR) is 97.5 cm³/mol. The van der Waals surface area contributed by atoms with Crippen LogP contribution in [0.15, 0.2) is 16.7 Å². The molecule has 6 heteroatoms. The fourth-order valence-electron chi connectivity index (χ4n) is 3.11. The van der Waals surface area contributed by atoms with Gasteiger partial charge in [0, 0.05) is 4.88 Å². The molecule has 1 amide bonds. The average molecular weight is 361 g/mol. The topological polar surface area (TPSA) is 68.5 Å². The van der Waals surface area contributed by atoms with Crippen molar-refractivity contribution in [1.82, 2.24) is 0 Å². The molecule has 1 N–H and O–H groups in total. The predicted octanol–water partition coefficient (Wildman–Crippen LogP) is 4.59. The molecule has 1 atom stereocenters. The zero-order valence-corrected chi connectivity index (χ0v) is 15.6. The second-order valence-corrected chi connectivity index (χ2v) is 7.64. The zero-order valence-electron chi connectivity index (χ0n) is 14.8. The van der Waals surface area contributed by atoms with Crippen LogP contribution in [0.25, 0.3) is 0 Å². The first kappa shape index (κ1) is 17.7. The summed E-state index contributed by atoms with van der Waals surface area (Å²) in [5.41, 5.74) is 2.06. The molecule has 2 aromatic heterocycles. The van der Waals surface area contributed by atoms with Crippen LogP contribution in [-0.4, -0.2) is 18.5 Å². The van der Waals surface area contributed by atoms with Crippen LogP contribution >= 0.6 is 11.3 Å². The smallest absolute Gasteiger partial charge is 0.341 e. The summed E-state index contributed by atoms with van der Waals surface area (Å²) in [4.78, 5) is 26.3. The minimum atomic E-state index is -0.340. The van der Waals surface area contributed by atoms with Crippen molar-refractivity contribution in [1.29, 1.82) is 0 Å². The first-order chi connectivity index (χ1) is 12.0. The molecule has 134 valence electrons. The van der Waals surface area contributed by atoms with Crippen molar-refractivity contribution in [2.75, 3.05) is 11.9 Å². The van der Waals surface area contributed by atoms with Crippen LogP contribution in [0.3, 0.4) is 0 Å². The van der Waals surface area contributed by atoms with Crippen molar-refractivity contribution >= 4 is 28.2 Å². The van der Waals surface area contributed by atoms with E-state index in [0.717, 1.165) is 31.2 Å². The second-order valence-electron chi connectivity index (χ2n) is 6.54. The van der Waals surface area contributed by atoms with Gasteiger partial charge in [-0.1, -0.05) is 13.8 Å². The van der Waals surface area contributed by atoms with Crippen molar-refractivity contribution in [3.63, 3.8) is 0 Å². The number of fused-ring (bicyclic) bond motifs is 1. The Morgan fingerprint density at radius 3 is 2.92 bits per heavy atom. The van der Waals surface area contributed by atoms with E-state index in [9.17, 15) is 9.59 Å². The first-order valence-electron chi connectivity index (χ1n) is 8.68. The van der Waals surface area contributed by atoms with Gasteiger partial charge in [-0.05, 0) is 50.2 Å². The molecular formula is C19H23NO4S. The van der Waals surface area contributed by atoms with E-state index in [0.29, 0.717) is 34.4 Å². The number of amides is 1. The summed E-state index contributed by atoms with van der Waals surface area (Å²) in [6, 6.07) is 1.63. The number of furan rings is 1. The summed E-state index contributed by atoms with van der Waals surface area (Å²) < 4.78 is 10.6. The van der Waals surface area contributed by atoms with Crippen LogP contribution < -0.4 is 5.32 Å². The van der Waals surface area contributed by atoms with E-state index in [4.69, 9.17) is 9.15 Å². The molecule has 0 saturated carbocycles. The molecule has 0 aromatic carbocycles. The Morgan fingerprint density at radius 2 is 2.24 bits per heavy atom. The van der Waals surface area contributed by atoms with Crippen molar-refractivity contribution < 1.29 is 18.7 Å². The average Bonchev–Trinajstić information content (AvgIpc) is 3.15. The monoisotopic (exact) mass is 361 g/mol. The molecule has 1 aliphatic rings. The highest BCUT2D eigenvalue weighted by atomic mass is 32.1. The van der Waals surface area contributed by atoms with Crippen LogP contribution in [0.5, 0.6) is 0 Å². The molecular weight excluding hydrogens is 338 g/mol. The quantitative estimate of drug-likeness (QED) is 0.791. The number of carbonyl (C=O) groups excluding carboxylic acids is 2. The molecule has 0 bridgehead atoms. The normalized spacial score (nSPS) is 16.4. The van der Waals surface area contributed by atoms with Gasteiger partial charge in [0.05, 0.1) is 24.0 Å². The SMILES string of the molecule is CCCOC(=O)c1c(NC(=O)c2ccoc2C)sc2c1CC[C@@H](C)C2. The molecule has 0 aliphatic heterocycles. The lowest BCUT2D eigenvalue weighted by Crippen LogP contribution is -2.17. The summed E-state index contributed by atoms with van der Waals surface area (Å²) in [6.07, 6.45) is 5.09. The number of thiophene rings is 1. The van der Waals surface area contributed by atoms with Crippen LogP contribution in [0.4, 0.5) is 5.00 Å². The number of rotatable bonds is 5. The molecule has 5 nitrogen and oxygen atoms in total. The van der Waals surface area contributed by atoms with E-state index < -0.39 is 0 Å². The Labute approximate surface area is 151 Å². The van der Waals surface area contributed by atoms with Crippen LogP contribution in [0.2, 0.25) is 0 Å². The van der Waals surface area contributed by atoms with Crippen molar-refractivity contribution in [2.45, 2.75) is 46.5 Å². The number of ether oxygens (including phenoxy) is 1. The van der Waals surface area contributed by atoms with Crippen molar-refractivity contribution in [3.8, 4) is 0 Å². The third-order valence-corrected chi connectivity index (χ3v) is 5.65. The number of carbonyl (C=O) groups is 2. The number of hydrogen-bond acceptors (Lipinski definition) is 5. The number of hydrogen-bond donors (Lipinski definition) is 1. The minimum Gasteiger partial charge on any atom is -0.469 e. The molecule has 0 radical (unpaired) electrons. The van der Waals surface area contributed by atoms with Gasteiger partial charge < -0.3 is 14.5 Å². The summed E-state index contributed by atoms with van der Waals surface area (Å²) >= 11 is 1.50. The Kier molecular flexibility index (Phi) is 5.27. The fraction of sp³-hybridized carbons (Fsp3) is 0.474. The zero-order chi connectivity index (χ0) is 18.0. The lowest BCUT2D eigenvalue weighted by molar-refractivity contribution is 0.0505. The van der Waals surface area contributed by atoms with Gasteiger partial charge >= 0.3 is 5.97 Å². The standard InChI is InChI=1S/C19H23NO4S/c1-4-8-24-19(22)16-14-6-5-11(2)10-15(14)25-18(16)20-17(21)13-7-9-23-12(13)3/h7,9,11H,4-6,8,10H2,1-3H3,(H,20,21)/t11-/m1/s1. The molecule has 0 saturated heterocycles. The lowest BCUT2D eigenvalue weighted by Gasteiger charge is -2.18. The number of aryl methyl sites for hydroxylation is 1. The number of anilines is 1. The van der Waals surface area contributed by atoms with E-state index in [1.54, 1.807) is 13.0 Å². The largest absolute Gasteiger partial charge is 0.469 e. The molecule has 2 heterocycles. The summed E-state index contributed by atoms with van der Waals surface area (Å²) in [5, 5.41) is 3.49. The van der Waals surface area contributed by atoms with Crippen molar-refractivity contribution in [2.24, 2.45) is 5.92 Å². The third-order valence-electron chi connectivity index (χ3n) is 4.48. The molecule has 2 aromatic rings. The van der Waals surface area contributed by atoms with Gasteiger partial charge in [-0.3, -0.25) is 4.79 Å². The highest BCUT2D eigenvalue weighted by Crippen LogP contribution is 2.40. The Hall–Kier alpha value is -2.08. The highest BCUT2D eigenvalue weighted by molar-refractivity contribution is 7.17. The maximum absolute atomic E-state index is 12.6. The van der Waals surface area contributed by atoms with Gasteiger partial charge in [-0.15, -0.1) is 11.3 Å². The van der Waals surface area contributed by atoms with Gasteiger partial charge in [-0.25, -0.2) is 4.79 Å². The van der Waals surface area contributed by atoms with Crippen LogP contribution in [0, 0.1) is 12.8 Å². The lowest BCUT2D eigenvalue weighted by atomic mass is 9.88. The summed E-state index contributed by atoms with van der Waals surface area (Å²) in [7, 11) is 0. The fourth-order valence-corrected chi connectivity index (χ4v) is 4.51. The summed E-state index contributed by atoms with van der Waals surface area (Å²) in [5.74, 6) is 0.545. The molecule has 0 fully saturated rings. The van der Waals surface area contributed by atoms with E-state index in [-0.39, 0.29) is 11.9 Å². The van der Waals surface area contributed by atoms with Gasteiger partial charge in [0.15, 0.2) is 0 Å². The van der Waals surface area contributed by atoms with E-state index in [1.807, 2.05) is 6.92 Å². The molecule has 3 rings (SSSR count). The van der Waals surface area contributed by atoms with Gasteiger partial charge in [0.2, 0.25) is 0 Å². The molecule has 0 spiro atoms. The molecule has 25 heavy (non-hydrogen) atoms. The molecule has 0 unspecified atom stereocenters. The summed E-state index contributed by atoms with van der Waals surface area (Å²) in [6.45, 7) is 6.30.